The van der Waals surface area contributed by atoms with Crippen molar-refractivity contribution in [2.75, 3.05) is 9.80 Å². The first kappa shape index (κ1) is 40.2. The summed E-state index contributed by atoms with van der Waals surface area (Å²) in [4.78, 5) is 14.6. The van der Waals surface area contributed by atoms with Gasteiger partial charge in [-0.1, -0.05) is 109 Å². The summed E-state index contributed by atoms with van der Waals surface area (Å²) in [5.74, 6) is 0.672. The number of nitriles is 2. The quantitative estimate of drug-likeness (QED) is 0.136. The van der Waals surface area contributed by atoms with Gasteiger partial charge >= 0.3 is 0 Å². The summed E-state index contributed by atoms with van der Waals surface area (Å²) < 4.78 is 2.33. The van der Waals surface area contributed by atoms with E-state index in [0.717, 1.165) is 89.7 Å². The molecule has 0 radical (unpaired) electrons. The van der Waals surface area contributed by atoms with Crippen LogP contribution in [0.5, 0.6) is 0 Å². The molecule has 0 spiro atoms. The van der Waals surface area contributed by atoms with Crippen LogP contribution in [0.1, 0.15) is 11.1 Å². The van der Waals surface area contributed by atoms with Gasteiger partial charge in [-0.25, -0.2) is 9.97 Å². The summed E-state index contributed by atoms with van der Waals surface area (Å²) in [5, 5.41) is 21.4. The van der Waals surface area contributed by atoms with Crippen LogP contribution in [0.3, 0.4) is 0 Å². The van der Waals surface area contributed by atoms with Crippen molar-refractivity contribution in [3.63, 3.8) is 0 Å². The van der Waals surface area contributed by atoms with Gasteiger partial charge in [-0.05, 0) is 127 Å². The van der Waals surface area contributed by atoms with E-state index in [1.807, 2.05) is 109 Å². The van der Waals surface area contributed by atoms with Crippen molar-refractivity contribution < 1.29 is 0 Å². The van der Waals surface area contributed by atoms with Crippen molar-refractivity contribution in [2.45, 2.75) is 0 Å². The van der Waals surface area contributed by atoms with Gasteiger partial charge in [0, 0.05) is 67.3 Å². The van der Waals surface area contributed by atoms with Gasteiger partial charge in [0.15, 0.2) is 5.82 Å². The molecular formula is C60H39N7. The van der Waals surface area contributed by atoms with E-state index in [-0.39, 0.29) is 0 Å². The van der Waals surface area contributed by atoms with E-state index in [4.69, 9.17) is 9.97 Å². The molecule has 0 atom stereocenters. The molecule has 0 saturated carbocycles. The maximum atomic E-state index is 9.66. The Bertz CT molecular complexity index is 3460. The monoisotopic (exact) mass is 857 g/mol. The first-order valence-corrected chi connectivity index (χ1v) is 22.0. The second-order valence-electron chi connectivity index (χ2n) is 16.1. The normalized spacial score (nSPS) is 11.0. The Morgan fingerprint density at radius 3 is 1.15 bits per heavy atom. The molecule has 0 unspecified atom stereocenters. The molecule has 7 nitrogen and oxygen atoms in total. The van der Waals surface area contributed by atoms with Crippen LogP contribution in [-0.4, -0.2) is 14.5 Å². The predicted octanol–water partition coefficient (Wildman–Crippen LogP) is 15.3. The molecule has 0 aliphatic rings. The van der Waals surface area contributed by atoms with Crippen molar-refractivity contribution in [2.24, 2.45) is 0 Å². The molecule has 67 heavy (non-hydrogen) atoms. The number of benzene rings is 9. The highest BCUT2D eigenvalue weighted by molar-refractivity contribution is 6.12. The van der Waals surface area contributed by atoms with Crippen molar-refractivity contribution in [1.29, 1.82) is 10.5 Å². The summed E-state index contributed by atoms with van der Waals surface area (Å²) >= 11 is 0. The summed E-state index contributed by atoms with van der Waals surface area (Å²) in [7, 11) is 0. The van der Waals surface area contributed by atoms with Crippen LogP contribution in [-0.2, 0) is 0 Å². The average Bonchev–Trinajstić information content (AvgIpc) is 3.73. The highest BCUT2D eigenvalue weighted by Gasteiger charge is 2.21. The smallest absolute Gasteiger partial charge is 0.160 e. The van der Waals surface area contributed by atoms with Crippen LogP contribution in [0.4, 0.5) is 34.1 Å². The number of hydrogen-bond acceptors (Lipinski definition) is 6. The first-order valence-electron chi connectivity index (χ1n) is 22.0. The topological polar surface area (TPSA) is 84.8 Å². The fraction of sp³-hybridized carbons (Fsp3) is 0. The van der Waals surface area contributed by atoms with Crippen molar-refractivity contribution in [3.8, 4) is 51.7 Å². The lowest BCUT2D eigenvalue weighted by molar-refractivity contribution is 1.17. The van der Waals surface area contributed by atoms with Crippen LogP contribution >= 0.6 is 0 Å². The Morgan fingerprint density at radius 2 is 0.716 bits per heavy atom. The van der Waals surface area contributed by atoms with Crippen LogP contribution < -0.4 is 9.80 Å². The van der Waals surface area contributed by atoms with Crippen LogP contribution in [0.2, 0.25) is 0 Å². The third-order valence-electron chi connectivity index (χ3n) is 12.0. The minimum Gasteiger partial charge on any atom is -0.310 e. The highest BCUT2D eigenvalue weighted by Crippen LogP contribution is 2.43. The molecule has 11 aromatic rings. The lowest BCUT2D eigenvalue weighted by Crippen LogP contribution is -2.10. The van der Waals surface area contributed by atoms with Crippen LogP contribution in [0.25, 0.3) is 61.4 Å². The maximum absolute atomic E-state index is 9.66. The van der Waals surface area contributed by atoms with E-state index in [9.17, 15) is 10.5 Å². The van der Waals surface area contributed by atoms with E-state index in [0.29, 0.717) is 17.0 Å². The predicted molar refractivity (Wildman–Crippen MR) is 271 cm³/mol. The number of hydrogen-bond donors (Lipinski definition) is 0. The van der Waals surface area contributed by atoms with Crippen molar-refractivity contribution in [1.82, 2.24) is 14.5 Å². The van der Waals surface area contributed by atoms with Crippen LogP contribution in [0.15, 0.2) is 237 Å². The Balaban J connectivity index is 1.09. The van der Waals surface area contributed by atoms with Crippen molar-refractivity contribution >= 4 is 55.9 Å². The Kier molecular flexibility index (Phi) is 10.5. The zero-order valence-corrected chi connectivity index (χ0v) is 36.1. The van der Waals surface area contributed by atoms with Gasteiger partial charge in [-0.2, -0.15) is 10.5 Å². The molecule has 0 fully saturated rings. The van der Waals surface area contributed by atoms with Gasteiger partial charge in [0.2, 0.25) is 0 Å². The van der Waals surface area contributed by atoms with Gasteiger partial charge in [-0.3, -0.25) is 0 Å². The number of anilines is 6. The minimum absolute atomic E-state index is 0.579. The van der Waals surface area contributed by atoms with Gasteiger partial charge in [0.05, 0.1) is 45.7 Å². The SMILES string of the molecule is N#Cc1ccc(N(c2ccc(C#N)cc2)c2ccc3c(c2)c2cc(N(c4ccccc4)c4ccccc4)ccc2n3-c2ccc(-c3cc(-c4ccccc4)nc(-c4ccccc4)n3)cc2)cc1. The highest BCUT2D eigenvalue weighted by atomic mass is 15.1. The van der Waals surface area contributed by atoms with E-state index >= 15 is 0 Å². The molecule has 314 valence electrons. The largest absolute Gasteiger partial charge is 0.310 e. The van der Waals surface area contributed by atoms with E-state index in [1.54, 1.807) is 0 Å². The van der Waals surface area contributed by atoms with Crippen molar-refractivity contribution in [3.05, 3.63) is 248 Å². The summed E-state index contributed by atoms with van der Waals surface area (Å²) in [5.41, 5.74) is 14.7. The Labute approximate surface area is 388 Å². The standard InChI is InChI=1S/C60H39N7/c61-40-42-21-27-49(28-22-42)66(50-29-23-43(41-62)24-30-50)53-34-36-59-55(38-53)54-37-52(65(47-17-9-3-10-18-47)48-19-11-4-12-20-48)33-35-58(54)67(59)51-31-25-45(26-32-51)57-39-56(44-13-5-1-6-14-44)63-60(64-57)46-15-7-2-8-16-46/h1-39H. The summed E-state index contributed by atoms with van der Waals surface area (Å²) in [6.07, 6.45) is 0. The van der Waals surface area contributed by atoms with Gasteiger partial charge < -0.3 is 14.4 Å². The maximum Gasteiger partial charge on any atom is 0.160 e. The number of nitrogens with zero attached hydrogens (tertiary/aromatic N) is 7. The molecule has 0 aliphatic carbocycles. The lowest BCUT2D eigenvalue weighted by Gasteiger charge is -2.26. The third-order valence-corrected chi connectivity index (χ3v) is 12.0. The first-order chi connectivity index (χ1) is 33.1. The summed E-state index contributed by atoms with van der Waals surface area (Å²) in [6.45, 7) is 0. The molecule has 0 N–H and O–H groups in total. The molecular weight excluding hydrogens is 819 g/mol. The number of rotatable bonds is 10. The van der Waals surface area contributed by atoms with Crippen LogP contribution in [0, 0.1) is 22.7 Å². The molecule has 9 aromatic carbocycles. The molecule has 0 bridgehead atoms. The van der Waals surface area contributed by atoms with Gasteiger partial charge in [-0.15, -0.1) is 0 Å². The zero-order valence-electron chi connectivity index (χ0n) is 36.1. The van der Waals surface area contributed by atoms with Gasteiger partial charge in [0.25, 0.3) is 0 Å². The Morgan fingerprint density at radius 1 is 0.343 bits per heavy atom. The summed E-state index contributed by atoms with van der Waals surface area (Å²) in [6, 6.07) is 84.9. The molecule has 11 rings (SSSR count). The molecule has 2 heterocycles. The minimum atomic E-state index is 0.579. The Hall–Kier alpha value is -9.56. The number of para-hydroxylation sites is 2. The van der Waals surface area contributed by atoms with E-state index in [1.165, 1.54) is 0 Å². The average molecular weight is 858 g/mol. The fourth-order valence-corrected chi connectivity index (χ4v) is 8.82. The fourth-order valence-electron chi connectivity index (χ4n) is 8.82. The van der Waals surface area contributed by atoms with Gasteiger partial charge in [0.1, 0.15) is 0 Å². The lowest BCUT2D eigenvalue weighted by atomic mass is 10.1. The number of aromatic nitrogens is 3. The van der Waals surface area contributed by atoms with E-state index in [2.05, 4.69) is 154 Å². The molecule has 0 saturated heterocycles. The second-order valence-corrected chi connectivity index (χ2v) is 16.1. The molecule has 0 amide bonds. The number of fused-ring (bicyclic) bond motifs is 3. The second kappa shape index (κ2) is 17.5. The molecule has 0 aliphatic heterocycles. The zero-order chi connectivity index (χ0) is 45.1. The molecule has 7 heteroatoms. The third kappa shape index (κ3) is 7.80. The van der Waals surface area contributed by atoms with E-state index < -0.39 is 0 Å². The molecule has 2 aromatic heterocycles.